The van der Waals surface area contributed by atoms with Crippen LogP contribution in [0, 0.1) is 17.1 Å². The minimum absolute atomic E-state index is 0.139. The lowest BCUT2D eigenvalue weighted by Crippen LogP contribution is -2.53. The van der Waals surface area contributed by atoms with E-state index in [1.54, 1.807) is 0 Å². The number of halogens is 4. The Kier molecular flexibility index (Phi) is 6.88. The van der Waals surface area contributed by atoms with Gasteiger partial charge in [0.05, 0.1) is 22.8 Å². The summed E-state index contributed by atoms with van der Waals surface area (Å²) in [7, 11) is 1.36. The molecule has 0 saturated carbocycles. The van der Waals surface area contributed by atoms with Crippen molar-refractivity contribution in [2.45, 2.75) is 24.6 Å². The zero-order chi connectivity index (χ0) is 24.2. The predicted octanol–water partition coefficient (Wildman–Crippen LogP) is 3.68. The van der Waals surface area contributed by atoms with Crippen LogP contribution in [0.4, 0.5) is 28.9 Å². The summed E-state index contributed by atoms with van der Waals surface area (Å²) in [4.78, 5) is 24.9. The molecule has 0 aliphatic carbocycles. The molecule has 1 saturated heterocycles. The number of rotatable bonds is 5. The highest BCUT2D eigenvalue weighted by Gasteiger charge is 2.41. The van der Waals surface area contributed by atoms with Crippen LogP contribution in [0.1, 0.15) is 34.3 Å². The summed E-state index contributed by atoms with van der Waals surface area (Å²) in [5.41, 5.74) is -3.13. The quantitative estimate of drug-likeness (QED) is 0.586. The molecule has 2 aromatic rings. The maximum Gasteiger partial charge on any atom is 0.417 e. The van der Waals surface area contributed by atoms with Crippen LogP contribution in [0.5, 0.6) is 0 Å². The average Bonchev–Trinajstić information content (AvgIpc) is 2.78. The Hall–Kier alpha value is -3.65. The van der Waals surface area contributed by atoms with E-state index in [9.17, 15) is 27.2 Å². The van der Waals surface area contributed by atoms with Crippen molar-refractivity contribution in [2.75, 3.05) is 30.9 Å². The second-order valence-electron chi connectivity index (χ2n) is 7.42. The molecule has 0 unspecified atom stereocenters. The fourth-order valence-corrected chi connectivity index (χ4v) is 3.52. The minimum atomic E-state index is -4.77. The number of hydrogen-bond donors (Lipinski definition) is 3. The van der Waals surface area contributed by atoms with E-state index in [4.69, 9.17) is 10.00 Å². The lowest BCUT2D eigenvalue weighted by Gasteiger charge is -2.37. The molecule has 0 atom stereocenters. The van der Waals surface area contributed by atoms with Crippen molar-refractivity contribution in [1.82, 2.24) is 5.32 Å². The highest BCUT2D eigenvalue weighted by molar-refractivity contribution is 6.00. The number of alkyl halides is 3. The second-order valence-corrected chi connectivity index (χ2v) is 7.42. The smallest absolute Gasteiger partial charge is 0.381 e. The normalized spacial score (nSPS) is 15.3. The van der Waals surface area contributed by atoms with Crippen molar-refractivity contribution in [3.05, 3.63) is 58.9 Å². The van der Waals surface area contributed by atoms with Gasteiger partial charge in [-0.2, -0.15) is 18.4 Å². The molecule has 11 heteroatoms. The van der Waals surface area contributed by atoms with Crippen molar-refractivity contribution < 1.29 is 31.9 Å². The zero-order valence-corrected chi connectivity index (χ0v) is 17.5. The monoisotopic (exact) mass is 464 g/mol. The Labute approximate surface area is 186 Å². The third-order valence-electron chi connectivity index (χ3n) is 5.31. The molecule has 3 N–H and O–H groups in total. The number of nitrogens with one attached hydrogen (secondary N) is 3. The van der Waals surface area contributed by atoms with Crippen LogP contribution < -0.4 is 16.0 Å². The fourth-order valence-electron chi connectivity index (χ4n) is 3.52. The predicted molar refractivity (Wildman–Crippen MR) is 111 cm³/mol. The van der Waals surface area contributed by atoms with Gasteiger partial charge in [0, 0.05) is 44.5 Å². The first kappa shape index (κ1) is 24.0. The van der Waals surface area contributed by atoms with Gasteiger partial charge in [-0.1, -0.05) is 0 Å². The van der Waals surface area contributed by atoms with Crippen molar-refractivity contribution in [1.29, 1.82) is 5.26 Å². The minimum Gasteiger partial charge on any atom is -0.381 e. The molecule has 33 heavy (non-hydrogen) atoms. The van der Waals surface area contributed by atoms with Crippen LogP contribution in [0.3, 0.4) is 0 Å². The van der Waals surface area contributed by atoms with Crippen molar-refractivity contribution >= 4 is 23.2 Å². The van der Waals surface area contributed by atoms with E-state index in [-0.39, 0.29) is 43.0 Å². The Morgan fingerprint density at radius 1 is 1.09 bits per heavy atom. The third kappa shape index (κ3) is 5.23. The van der Waals surface area contributed by atoms with Crippen molar-refractivity contribution in [3.8, 4) is 6.07 Å². The first-order valence-corrected chi connectivity index (χ1v) is 9.90. The standard InChI is InChI=1S/C22H20F4N4O3/c1-28-19(31)16-5-4-15(11-18(16)23)30-21(6-8-33-9-7-21)20(32)29-14-3-2-13(12-27)17(10-14)22(24,25)26/h2-5,10-11,30H,6-9H2,1H3,(H,28,31)(H,29,32). The van der Waals surface area contributed by atoms with E-state index < -0.39 is 40.5 Å². The van der Waals surface area contributed by atoms with E-state index in [0.717, 1.165) is 12.1 Å². The summed E-state index contributed by atoms with van der Waals surface area (Å²) in [6.07, 6.45) is -4.44. The summed E-state index contributed by atoms with van der Waals surface area (Å²) in [5, 5.41) is 16.7. The molecule has 1 aliphatic heterocycles. The van der Waals surface area contributed by atoms with E-state index in [1.807, 2.05) is 0 Å². The van der Waals surface area contributed by atoms with E-state index in [0.29, 0.717) is 6.07 Å². The SMILES string of the molecule is CNC(=O)c1ccc(NC2(C(=O)Nc3ccc(C#N)c(C(F)(F)F)c3)CCOCC2)cc1F. The first-order valence-electron chi connectivity index (χ1n) is 9.90. The first-order chi connectivity index (χ1) is 15.6. The summed E-state index contributed by atoms with van der Waals surface area (Å²) in [6.45, 7) is 0.390. The van der Waals surface area contributed by atoms with E-state index in [2.05, 4.69) is 16.0 Å². The molecule has 1 aliphatic rings. The number of nitrogens with zero attached hydrogens (tertiary/aromatic N) is 1. The van der Waals surface area contributed by atoms with Crippen molar-refractivity contribution in [2.24, 2.45) is 0 Å². The summed E-state index contributed by atoms with van der Waals surface area (Å²) >= 11 is 0. The van der Waals surface area contributed by atoms with E-state index >= 15 is 0 Å². The summed E-state index contributed by atoms with van der Waals surface area (Å²) < 4.78 is 59.5. The molecule has 0 radical (unpaired) electrons. The van der Waals surface area contributed by atoms with E-state index in [1.165, 1.54) is 31.3 Å². The molecular weight excluding hydrogens is 444 g/mol. The highest BCUT2D eigenvalue weighted by atomic mass is 19.4. The third-order valence-corrected chi connectivity index (χ3v) is 5.31. The molecule has 3 rings (SSSR count). The Morgan fingerprint density at radius 2 is 1.76 bits per heavy atom. The molecule has 174 valence electrons. The van der Waals surface area contributed by atoms with Crippen LogP contribution >= 0.6 is 0 Å². The number of carbonyl (C=O) groups excluding carboxylic acids is 2. The van der Waals surface area contributed by atoms with Gasteiger partial charge < -0.3 is 20.7 Å². The number of ether oxygens (including phenoxy) is 1. The van der Waals surface area contributed by atoms with Gasteiger partial charge in [-0.3, -0.25) is 9.59 Å². The van der Waals surface area contributed by atoms with Gasteiger partial charge in [-0.05, 0) is 36.4 Å². The number of amides is 2. The molecule has 2 amide bonds. The van der Waals surface area contributed by atoms with Gasteiger partial charge >= 0.3 is 6.18 Å². The number of nitriles is 1. The summed E-state index contributed by atoms with van der Waals surface area (Å²) in [6, 6.07) is 8.13. The Morgan fingerprint density at radius 3 is 2.33 bits per heavy atom. The number of carbonyl (C=O) groups is 2. The topological polar surface area (TPSA) is 103 Å². The number of benzene rings is 2. The second kappa shape index (κ2) is 9.46. The van der Waals surface area contributed by atoms with Gasteiger partial charge in [0.15, 0.2) is 0 Å². The lowest BCUT2D eigenvalue weighted by molar-refractivity contribution is -0.137. The number of anilines is 2. The molecule has 0 aromatic heterocycles. The zero-order valence-electron chi connectivity index (χ0n) is 17.5. The van der Waals surface area contributed by atoms with Crippen LogP contribution in [0.25, 0.3) is 0 Å². The average molecular weight is 464 g/mol. The Bertz CT molecular complexity index is 1110. The fraction of sp³-hybridized carbons (Fsp3) is 0.318. The largest absolute Gasteiger partial charge is 0.417 e. The maximum absolute atomic E-state index is 14.4. The molecule has 0 spiro atoms. The molecular formula is C22H20F4N4O3. The van der Waals surface area contributed by atoms with Gasteiger partial charge in [-0.25, -0.2) is 4.39 Å². The van der Waals surface area contributed by atoms with Gasteiger partial charge in [0.2, 0.25) is 5.91 Å². The summed E-state index contributed by atoms with van der Waals surface area (Å²) in [5.74, 6) is -2.05. The van der Waals surface area contributed by atoms with Crippen molar-refractivity contribution in [3.63, 3.8) is 0 Å². The molecule has 7 nitrogen and oxygen atoms in total. The van der Waals surface area contributed by atoms with Gasteiger partial charge in [0.25, 0.3) is 5.91 Å². The maximum atomic E-state index is 14.4. The molecule has 2 aromatic carbocycles. The highest BCUT2D eigenvalue weighted by Crippen LogP contribution is 2.34. The van der Waals surface area contributed by atoms with Crippen LogP contribution in [-0.2, 0) is 15.7 Å². The molecule has 1 heterocycles. The molecule has 0 bridgehead atoms. The van der Waals surface area contributed by atoms with Crippen LogP contribution in [0.15, 0.2) is 36.4 Å². The van der Waals surface area contributed by atoms with Crippen LogP contribution in [0.2, 0.25) is 0 Å². The van der Waals surface area contributed by atoms with Crippen LogP contribution in [-0.4, -0.2) is 37.6 Å². The Balaban J connectivity index is 1.89. The van der Waals surface area contributed by atoms with Gasteiger partial charge in [0.1, 0.15) is 11.4 Å². The molecule has 1 fully saturated rings. The van der Waals surface area contributed by atoms with Gasteiger partial charge in [-0.15, -0.1) is 0 Å². The number of hydrogen-bond acceptors (Lipinski definition) is 5. The lowest BCUT2D eigenvalue weighted by atomic mass is 9.88.